The molecule has 0 bridgehead atoms. The maximum Gasteiger partial charge on any atom is 0.410 e. The maximum atomic E-state index is 12.2. The Labute approximate surface area is 123 Å². The third kappa shape index (κ3) is 2.88. The number of carbonyl (C=O) groups excluding carboxylic acids is 1. The van der Waals surface area contributed by atoms with Gasteiger partial charge >= 0.3 is 6.09 Å². The summed E-state index contributed by atoms with van der Waals surface area (Å²) in [5, 5.41) is 13.9. The Morgan fingerprint density at radius 1 is 1.48 bits per heavy atom. The number of likely N-dealkylation sites (tertiary alicyclic amines) is 1. The molecule has 1 aliphatic heterocycles. The van der Waals surface area contributed by atoms with Crippen LogP contribution in [0.1, 0.15) is 64.2 Å². The van der Waals surface area contributed by atoms with Crippen LogP contribution in [0.15, 0.2) is 4.52 Å². The van der Waals surface area contributed by atoms with Gasteiger partial charge < -0.3 is 14.4 Å². The zero-order valence-corrected chi connectivity index (χ0v) is 12.6. The first-order chi connectivity index (χ1) is 9.78. The fourth-order valence-corrected chi connectivity index (χ4v) is 2.47. The highest BCUT2D eigenvalue weighted by Gasteiger charge is 2.48. The van der Waals surface area contributed by atoms with Crippen molar-refractivity contribution in [3.8, 4) is 0 Å². The molecule has 0 aromatic carbocycles. The third-order valence-electron chi connectivity index (χ3n) is 3.74. The molecule has 1 N–H and O–H groups in total. The topological polar surface area (TPSA) is 88.7 Å². The molecule has 21 heavy (non-hydrogen) atoms. The number of ether oxygens (including phenoxy) is 1. The lowest BCUT2D eigenvalue weighted by Crippen LogP contribution is -2.36. The molecule has 1 saturated heterocycles. The number of carbonyl (C=O) groups is 1. The summed E-state index contributed by atoms with van der Waals surface area (Å²) in [4.78, 5) is 18.1. The van der Waals surface area contributed by atoms with Crippen molar-refractivity contribution in [2.24, 2.45) is 0 Å². The minimum Gasteiger partial charge on any atom is -0.444 e. The van der Waals surface area contributed by atoms with Crippen molar-refractivity contribution >= 4 is 6.09 Å². The number of amides is 1. The first kappa shape index (κ1) is 14.3. The number of nitrogens with zero attached hydrogens (tertiary/aromatic N) is 3. The fraction of sp³-hybridized carbons (Fsp3) is 0.786. The lowest BCUT2D eigenvalue weighted by molar-refractivity contribution is 0.0216. The molecular weight excluding hydrogens is 274 g/mol. The predicted molar refractivity (Wildman–Crippen MR) is 72.3 cm³/mol. The first-order valence-corrected chi connectivity index (χ1v) is 7.35. The molecule has 1 amide bonds. The smallest absolute Gasteiger partial charge is 0.410 e. The molecule has 1 aromatic heterocycles. The molecule has 1 aliphatic carbocycles. The van der Waals surface area contributed by atoms with Crippen molar-refractivity contribution in [3.63, 3.8) is 0 Å². The van der Waals surface area contributed by atoms with Crippen molar-refractivity contribution in [3.05, 3.63) is 11.7 Å². The largest absolute Gasteiger partial charge is 0.444 e. The summed E-state index contributed by atoms with van der Waals surface area (Å²) in [6.45, 7) is 6.13. The number of hydrogen-bond donors (Lipinski definition) is 1. The van der Waals surface area contributed by atoms with E-state index < -0.39 is 11.2 Å². The van der Waals surface area contributed by atoms with Crippen LogP contribution in [0.5, 0.6) is 0 Å². The SMILES string of the molecule is CC(C)(C)OC(=O)N1CCCC1c1noc(C2(O)CC2)n1. The van der Waals surface area contributed by atoms with Gasteiger partial charge in [0.05, 0.1) is 6.04 Å². The molecule has 7 heteroatoms. The summed E-state index contributed by atoms with van der Waals surface area (Å²) in [6.07, 6.45) is 2.58. The quantitative estimate of drug-likeness (QED) is 0.899. The second-order valence-corrected chi connectivity index (χ2v) is 6.82. The van der Waals surface area contributed by atoms with Gasteiger partial charge in [-0.15, -0.1) is 0 Å². The Balaban J connectivity index is 1.74. The first-order valence-electron chi connectivity index (χ1n) is 7.35. The van der Waals surface area contributed by atoms with Crippen LogP contribution in [0.2, 0.25) is 0 Å². The van der Waals surface area contributed by atoms with Gasteiger partial charge in [0.15, 0.2) is 5.82 Å². The average molecular weight is 295 g/mol. The summed E-state index contributed by atoms with van der Waals surface area (Å²) in [7, 11) is 0. The number of rotatable bonds is 2. The Morgan fingerprint density at radius 3 is 2.81 bits per heavy atom. The molecule has 116 valence electrons. The van der Waals surface area contributed by atoms with E-state index in [9.17, 15) is 9.90 Å². The van der Waals surface area contributed by atoms with Crippen molar-refractivity contribution in [1.82, 2.24) is 15.0 Å². The Kier molecular flexibility index (Phi) is 3.20. The summed E-state index contributed by atoms with van der Waals surface area (Å²) in [5.74, 6) is 0.710. The van der Waals surface area contributed by atoms with Gasteiger partial charge in [0.25, 0.3) is 5.89 Å². The molecule has 2 fully saturated rings. The maximum absolute atomic E-state index is 12.2. The van der Waals surface area contributed by atoms with Crippen LogP contribution >= 0.6 is 0 Å². The molecule has 2 aliphatic rings. The highest BCUT2D eigenvalue weighted by Crippen LogP contribution is 2.45. The lowest BCUT2D eigenvalue weighted by atomic mass is 10.2. The Morgan fingerprint density at radius 2 is 2.19 bits per heavy atom. The van der Waals surface area contributed by atoms with Gasteiger partial charge in [0.1, 0.15) is 11.2 Å². The molecular formula is C14H21N3O4. The number of aromatic nitrogens is 2. The van der Waals surface area contributed by atoms with Crippen LogP contribution in [-0.2, 0) is 10.3 Å². The molecule has 1 atom stereocenters. The minimum atomic E-state index is -0.944. The second kappa shape index (κ2) is 4.69. The predicted octanol–water partition coefficient (Wildman–Crippen LogP) is 2.12. The van der Waals surface area contributed by atoms with Gasteiger partial charge in [-0.3, -0.25) is 4.90 Å². The van der Waals surface area contributed by atoms with E-state index in [2.05, 4.69) is 10.1 Å². The van der Waals surface area contributed by atoms with Crippen molar-refractivity contribution in [2.45, 2.75) is 63.7 Å². The fourth-order valence-electron chi connectivity index (χ4n) is 2.47. The lowest BCUT2D eigenvalue weighted by Gasteiger charge is -2.27. The summed E-state index contributed by atoms with van der Waals surface area (Å²) >= 11 is 0. The highest BCUT2D eigenvalue weighted by molar-refractivity contribution is 5.69. The minimum absolute atomic E-state index is 0.236. The van der Waals surface area contributed by atoms with Gasteiger partial charge in [0.2, 0.25) is 0 Å². The standard InChI is InChI=1S/C14H21N3O4/c1-13(2,3)20-12(18)17-8-4-5-9(17)10-15-11(21-16-10)14(19)6-7-14/h9,19H,4-8H2,1-3H3. The van der Waals surface area contributed by atoms with E-state index in [1.54, 1.807) is 4.90 Å². The van der Waals surface area contributed by atoms with Gasteiger partial charge in [0, 0.05) is 6.54 Å². The molecule has 1 aromatic rings. The van der Waals surface area contributed by atoms with Crippen LogP contribution in [-0.4, -0.2) is 38.4 Å². The van der Waals surface area contributed by atoms with E-state index in [1.807, 2.05) is 20.8 Å². The van der Waals surface area contributed by atoms with Gasteiger partial charge in [-0.1, -0.05) is 5.16 Å². The second-order valence-electron chi connectivity index (χ2n) is 6.82. The van der Waals surface area contributed by atoms with E-state index >= 15 is 0 Å². The van der Waals surface area contributed by atoms with Crippen LogP contribution in [0.3, 0.4) is 0 Å². The number of hydrogen-bond acceptors (Lipinski definition) is 6. The number of aliphatic hydroxyl groups is 1. The van der Waals surface area contributed by atoms with Gasteiger partial charge in [-0.2, -0.15) is 4.98 Å². The molecule has 0 radical (unpaired) electrons. The van der Waals surface area contributed by atoms with Crippen LogP contribution in [0, 0.1) is 0 Å². The Bertz CT molecular complexity index is 545. The van der Waals surface area contributed by atoms with E-state index in [0.29, 0.717) is 25.2 Å². The van der Waals surface area contributed by atoms with Gasteiger partial charge in [-0.25, -0.2) is 4.79 Å². The van der Waals surface area contributed by atoms with Crippen LogP contribution in [0.4, 0.5) is 4.79 Å². The van der Waals surface area contributed by atoms with Crippen LogP contribution < -0.4 is 0 Å². The third-order valence-corrected chi connectivity index (χ3v) is 3.74. The molecule has 1 unspecified atom stereocenters. The summed E-state index contributed by atoms with van der Waals surface area (Å²) < 4.78 is 10.6. The zero-order valence-electron chi connectivity index (χ0n) is 12.6. The van der Waals surface area contributed by atoms with Crippen LogP contribution in [0.25, 0.3) is 0 Å². The monoisotopic (exact) mass is 295 g/mol. The molecule has 2 heterocycles. The average Bonchev–Trinajstić information content (AvgIpc) is 2.87. The zero-order chi connectivity index (χ0) is 15.3. The molecule has 7 nitrogen and oxygen atoms in total. The van der Waals surface area contributed by atoms with E-state index in [4.69, 9.17) is 9.26 Å². The highest BCUT2D eigenvalue weighted by atomic mass is 16.6. The van der Waals surface area contributed by atoms with E-state index in [0.717, 1.165) is 12.8 Å². The van der Waals surface area contributed by atoms with Crippen molar-refractivity contribution in [2.75, 3.05) is 6.54 Å². The summed E-state index contributed by atoms with van der Waals surface area (Å²) in [6, 6.07) is -0.236. The van der Waals surface area contributed by atoms with E-state index in [-0.39, 0.29) is 18.0 Å². The summed E-state index contributed by atoms with van der Waals surface area (Å²) in [5.41, 5.74) is -1.48. The van der Waals surface area contributed by atoms with Gasteiger partial charge in [-0.05, 0) is 46.5 Å². The van der Waals surface area contributed by atoms with Crippen molar-refractivity contribution < 1.29 is 19.2 Å². The Hall–Kier alpha value is -1.63. The normalized spacial score (nSPS) is 24.2. The molecule has 0 spiro atoms. The van der Waals surface area contributed by atoms with E-state index in [1.165, 1.54) is 0 Å². The molecule has 1 saturated carbocycles. The molecule has 3 rings (SSSR count). The van der Waals surface area contributed by atoms with Crippen molar-refractivity contribution in [1.29, 1.82) is 0 Å².